The van der Waals surface area contributed by atoms with Gasteiger partial charge in [0.2, 0.25) is 0 Å². The van der Waals surface area contributed by atoms with Gasteiger partial charge in [0.1, 0.15) is 11.6 Å². The zero-order valence-corrected chi connectivity index (χ0v) is 11.0. The van der Waals surface area contributed by atoms with E-state index in [1.165, 1.54) is 16.3 Å². The molecule has 0 saturated heterocycles. The second-order valence-electron chi connectivity index (χ2n) is 4.75. The molecule has 94 valence electrons. The summed E-state index contributed by atoms with van der Waals surface area (Å²) >= 11 is 0. The van der Waals surface area contributed by atoms with Crippen molar-refractivity contribution in [2.45, 2.75) is 13.3 Å². The first kappa shape index (κ1) is 10.6. The molecular weight excluding hydrogens is 236 g/mol. The zero-order valence-electron chi connectivity index (χ0n) is 11.0. The number of aryl methyl sites for hydroxylation is 1. The lowest BCUT2D eigenvalue weighted by atomic mass is 10.1. The molecule has 0 atom stereocenters. The van der Waals surface area contributed by atoms with E-state index in [1.54, 1.807) is 7.11 Å². The van der Waals surface area contributed by atoms with Crippen LogP contribution in [0.1, 0.15) is 12.7 Å². The Morgan fingerprint density at radius 1 is 1.05 bits per heavy atom. The van der Waals surface area contributed by atoms with Crippen molar-refractivity contribution in [3.63, 3.8) is 0 Å². The molecule has 0 radical (unpaired) electrons. The molecule has 0 aliphatic heterocycles. The summed E-state index contributed by atoms with van der Waals surface area (Å²) in [6.45, 7) is 2.14. The molecule has 0 unspecified atom stereocenters. The van der Waals surface area contributed by atoms with Crippen LogP contribution in [0.15, 0.2) is 36.4 Å². The van der Waals surface area contributed by atoms with Gasteiger partial charge < -0.3 is 4.74 Å². The summed E-state index contributed by atoms with van der Waals surface area (Å²) in [5, 5.41) is 2.48. The average molecular weight is 250 g/mol. The minimum Gasteiger partial charge on any atom is -0.495 e. The molecule has 2 heterocycles. The highest BCUT2D eigenvalue weighted by atomic mass is 16.5. The molecule has 0 spiro atoms. The number of ether oxygens (including phenoxy) is 1. The molecule has 0 amide bonds. The Morgan fingerprint density at radius 3 is 2.53 bits per heavy atom. The smallest absolute Gasteiger partial charge is 0.143 e. The molecule has 0 N–H and O–H groups in total. The van der Waals surface area contributed by atoms with Crippen LogP contribution in [0.5, 0.6) is 5.75 Å². The first-order valence-electron chi connectivity index (χ1n) is 6.53. The van der Waals surface area contributed by atoms with E-state index in [-0.39, 0.29) is 0 Å². The van der Waals surface area contributed by atoms with Gasteiger partial charge in [-0.15, -0.1) is 0 Å². The van der Waals surface area contributed by atoms with Crippen molar-refractivity contribution in [2.24, 2.45) is 0 Å². The van der Waals surface area contributed by atoms with Gasteiger partial charge >= 0.3 is 0 Å². The summed E-state index contributed by atoms with van der Waals surface area (Å²) in [5.74, 6) is 1.99. The van der Waals surface area contributed by atoms with Crippen LogP contribution >= 0.6 is 0 Å². The van der Waals surface area contributed by atoms with Crippen LogP contribution in [-0.2, 0) is 6.42 Å². The highest BCUT2D eigenvalue weighted by Crippen LogP contribution is 2.37. The van der Waals surface area contributed by atoms with E-state index in [4.69, 9.17) is 9.72 Å². The van der Waals surface area contributed by atoms with Gasteiger partial charge in [0.05, 0.1) is 23.7 Å². The van der Waals surface area contributed by atoms with E-state index in [2.05, 4.69) is 35.6 Å². The minimum atomic E-state index is 0.905. The third kappa shape index (κ3) is 1.19. The Bertz CT molecular complexity index is 892. The van der Waals surface area contributed by atoms with E-state index in [0.29, 0.717) is 0 Å². The topological polar surface area (TPSA) is 26.5 Å². The number of para-hydroxylation sites is 2. The lowest BCUT2D eigenvalue weighted by Gasteiger charge is -2.03. The molecule has 4 rings (SSSR count). The van der Waals surface area contributed by atoms with Crippen molar-refractivity contribution in [3.05, 3.63) is 42.2 Å². The number of benzene rings is 2. The van der Waals surface area contributed by atoms with Crippen molar-refractivity contribution in [3.8, 4) is 5.75 Å². The van der Waals surface area contributed by atoms with Crippen LogP contribution < -0.4 is 4.74 Å². The molecule has 0 fully saturated rings. The predicted octanol–water partition coefficient (Wildman–Crippen LogP) is 3.65. The molecule has 3 nitrogen and oxygen atoms in total. The quantitative estimate of drug-likeness (QED) is 0.543. The second-order valence-corrected chi connectivity index (χ2v) is 4.75. The summed E-state index contributed by atoms with van der Waals surface area (Å²) in [6, 6.07) is 12.5. The van der Waals surface area contributed by atoms with Crippen LogP contribution in [0.3, 0.4) is 0 Å². The monoisotopic (exact) mass is 250 g/mol. The first-order valence-corrected chi connectivity index (χ1v) is 6.53. The summed E-state index contributed by atoms with van der Waals surface area (Å²) in [5.41, 5.74) is 3.40. The molecule has 0 saturated carbocycles. The normalized spacial score (nSPS) is 11.9. The summed E-state index contributed by atoms with van der Waals surface area (Å²) in [4.78, 5) is 4.72. The number of fused-ring (bicyclic) bond motifs is 3. The standard InChI is InChI=1S/C16H14N2O/c1-3-14-17-12-8-4-6-10-11-7-5-9-13(19-2)16(11)18(14)15(10)12/h4-9H,3H2,1-2H3. The van der Waals surface area contributed by atoms with Gasteiger partial charge in [-0.2, -0.15) is 0 Å². The Labute approximate surface area is 110 Å². The summed E-state index contributed by atoms with van der Waals surface area (Å²) < 4.78 is 7.79. The van der Waals surface area contributed by atoms with E-state index in [0.717, 1.165) is 29.0 Å². The Balaban J connectivity index is 2.39. The number of methoxy groups -OCH3 is 1. The van der Waals surface area contributed by atoms with Gasteiger partial charge in [-0.05, 0) is 12.1 Å². The molecule has 0 bridgehead atoms. The highest BCUT2D eigenvalue weighted by molar-refractivity contribution is 6.15. The molecule has 0 aliphatic rings. The lowest BCUT2D eigenvalue weighted by Crippen LogP contribution is -1.93. The summed E-state index contributed by atoms with van der Waals surface area (Å²) in [6.07, 6.45) is 0.908. The fraction of sp³-hybridized carbons (Fsp3) is 0.188. The van der Waals surface area contributed by atoms with Crippen molar-refractivity contribution in [1.82, 2.24) is 9.38 Å². The van der Waals surface area contributed by atoms with Gasteiger partial charge in [-0.3, -0.25) is 4.40 Å². The molecule has 2 aromatic carbocycles. The molecular formula is C16H14N2O. The van der Waals surface area contributed by atoms with Gasteiger partial charge in [-0.25, -0.2) is 4.98 Å². The maximum absolute atomic E-state index is 5.54. The van der Waals surface area contributed by atoms with Crippen LogP contribution in [0.2, 0.25) is 0 Å². The number of rotatable bonds is 2. The number of hydrogen-bond donors (Lipinski definition) is 0. The van der Waals surface area contributed by atoms with E-state index >= 15 is 0 Å². The molecule has 4 aromatic rings. The predicted molar refractivity (Wildman–Crippen MR) is 77.3 cm³/mol. The molecule has 3 heteroatoms. The van der Waals surface area contributed by atoms with Gasteiger partial charge in [0.25, 0.3) is 0 Å². The van der Waals surface area contributed by atoms with Crippen LogP contribution in [-0.4, -0.2) is 16.5 Å². The third-order valence-corrected chi connectivity index (χ3v) is 3.79. The maximum atomic E-state index is 5.54. The molecule has 2 aromatic heterocycles. The summed E-state index contributed by atoms with van der Waals surface area (Å²) in [7, 11) is 1.72. The largest absolute Gasteiger partial charge is 0.495 e. The number of nitrogens with zero attached hydrogens (tertiary/aromatic N) is 2. The van der Waals surface area contributed by atoms with Crippen molar-refractivity contribution >= 4 is 27.3 Å². The van der Waals surface area contributed by atoms with Gasteiger partial charge in [0, 0.05) is 17.2 Å². The van der Waals surface area contributed by atoms with Crippen LogP contribution in [0.4, 0.5) is 0 Å². The van der Waals surface area contributed by atoms with Crippen molar-refractivity contribution in [1.29, 1.82) is 0 Å². The first-order chi connectivity index (χ1) is 9.35. The second kappa shape index (κ2) is 3.60. The molecule has 0 aliphatic carbocycles. The van der Waals surface area contributed by atoms with Crippen molar-refractivity contribution < 1.29 is 4.74 Å². The van der Waals surface area contributed by atoms with E-state index < -0.39 is 0 Å². The Morgan fingerprint density at radius 2 is 1.79 bits per heavy atom. The van der Waals surface area contributed by atoms with Crippen LogP contribution in [0, 0.1) is 0 Å². The van der Waals surface area contributed by atoms with E-state index in [9.17, 15) is 0 Å². The van der Waals surface area contributed by atoms with Crippen molar-refractivity contribution in [2.75, 3.05) is 7.11 Å². The minimum absolute atomic E-state index is 0.905. The van der Waals surface area contributed by atoms with Crippen LogP contribution in [0.25, 0.3) is 27.3 Å². The van der Waals surface area contributed by atoms with Gasteiger partial charge in [-0.1, -0.05) is 31.2 Å². The maximum Gasteiger partial charge on any atom is 0.143 e. The third-order valence-electron chi connectivity index (χ3n) is 3.79. The fourth-order valence-corrected chi connectivity index (χ4v) is 3.01. The van der Waals surface area contributed by atoms with Gasteiger partial charge in [0.15, 0.2) is 0 Å². The zero-order chi connectivity index (χ0) is 13.0. The Hall–Kier alpha value is -2.29. The SMILES string of the molecule is CCc1nc2cccc3c4cccc(OC)c4n1c23. The Kier molecular flexibility index (Phi) is 2.01. The van der Waals surface area contributed by atoms with E-state index in [1.807, 2.05) is 12.1 Å². The number of aromatic nitrogens is 2. The lowest BCUT2D eigenvalue weighted by molar-refractivity contribution is 0.418. The average Bonchev–Trinajstić information content (AvgIpc) is 3.00. The number of hydrogen-bond acceptors (Lipinski definition) is 2. The fourth-order valence-electron chi connectivity index (χ4n) is 3.01. The highest BCUT2D eigenvalue weighted by Gasteiger charge is 2.18. The molecule has 19 heavy (non-hydrogen) atoms. The number of imidazole rings is 1.